The van der Waals surface area contributed by atoms with Gasteiger partial charge in [0.05, 0.1) is 23.6 Å². The molecule has 3 aromatic rings. The van der Waals surface area contributed by atoms with Crippen LogP contribution in [0, 0.1) is 12.8 Å². The number of nitrogens with one attached hydrogen (secondary N) is 1. The molecule has 2 aliphatic rings. The highest BCUT2D eigenvalue weighted by Gasteiger charge is 2.48. The van der Waals surface area contributed by atoms with Gasteiger partial charge in [0.2, 0.25) is 5.91 Å². The largest absolute Gasteiger partial charge is 0.347 e. The Balaban J connectivity index is 1.20. The van der Waals surface area contributed by atoms with Gasteiger partial charge < -0.3 is 14.8 Å². The van der Waals surface area contributed by atoms with Crippen molar-refractivity contribution < 1.29 is 9.59 Å². The van der Waals surface area contributed by atoms with E-state index in [1.54, 1.807) is 17.0 Å². The molecule has 1 aliphatic heterocycles. The summed E-state index contributed by atoms with van der Waals surface area (Å²) in [4.78, 5) is 32.1. The predicted molar refractivity (Wildman–Crippen MR) is 116 cm³/mol. The first-order valence-corrected chi connectivity index (χ1v) is 10.9. The Hall–Kier alpha value is -3.16. The molecule has 2 fully saturated rings. The minimum absolute atomic E-state index is 0.0661. The molecule has 4 heterocycles. The average molecular weight is 421 g/mol. The molecule has 2 amide bonds. The molecule has 8 heteroatoms. The van der Waals surface area contributed by atoms with Crippen LogP contribution in [-0.2, 0) is 11.8 Å². The van der Waals surface area contributed by atoms with Gasteiger partial charge >= 0.3 is 0 Å². The number of amides is 2. The number of imidazole rings is 1. The summed E-state index contributed by atoms with van der Waals surface area (Å²) in [7, 11) is 1.97. The SMILES string of the molecule is Cc1ccn2ncc(C(=O)NC3(C)CCN(C(=O)[C@@H]4C[C@H]4c4cncn4C)CC3)c2c1. The number of aryl methyl sites for hydroxylation is 2. The van der Waals surface area contributed by atoms with Gasteiger partial charge in [0.1, 0.15) is 0 Å². The Bertz CT molecular complexity index is 1150. The third-order valence-electron chi connectivity index (χ3n) is 6.86. The van der Waals surface area contributed by atoms with Gasteiger partial charge in [-0.05, 0) is 50.8 Å². The highest BCUT2D eigenvalue weighted by atomic mass is 16.2. The van der Waals surface area contributed by atoms with E-state index in [0.717, 1.165) is 36.0 Å². The second-order valence-electron chi connectivity index (χ2n) is 9.31. The highest BCUT2D eigenvalue weighted by Crippen LogP contribution is 2.48. The molecule has 0 spiro atoms. The van der Waals surface area contributed by atoms with E-state index in [4.69, 9.17) is 0 Å². The monoisotopic (exact) mass is 420 g/mol. The number of hydrogen-bond donors (Lipinski definition) is 1. The molecule has 5 rings (SSSR count). The van der Waals surface area contributed by atoms with Crippen molar-refractivity contribution in [1.82, 2.24) is 29.4 Å². The summed E-state index contributed by atoms with van der Waals surface area (Å²) in [6.45, 7) is 5.40. The zero-order chi connectivity index (χ0) is 21.8. The second kappa shape index (κ2) is 7.21. The lowest BCUT2D eigenvalue weighted by molar-refractivity contribution is -0.134. The number of nitrogens with zero attached hydrogens (tertiary/aromatic N) is 5. The molecule has 1 saturated heterocycles. The summed E-state index contributed by atoms with van der Waals surface area (Å²) in [5, 5.41) is 7.50. The first-order chi connectivity index (χ1) is 14.8. The van der Waals surface area contributed by atoms with E-state index in [1.807, 2.05) is 48.0 Å². The van der Waals surface area contributed by atoms with Crippen molar-refractivity contribution in [3.05, 3.63) is 53.9 Å². The maximum Gasteiger partial charge on any atom is 0.255 e. The predicted octanol–water partition coefficient (Wildman–Crippen LogP) is 2.29. The van der Waals surface area contributed by atoms with Crippen LogP contribution in [0.15, 0.2) is 37.1 Å². The van der Waals surface area contributed by atoms with Gasteiger partial charge in [-0.2, -0.15) is 5.10 Å². The van der Waals surface area contributed by atoms with E-state index in [9.17, 15) is 9.59 Å². The zero-order valence-corrected chi connectivity index (χ0v) is 18.2. The molecule has 8 nitrogen and oxygen atoms in total. The summed E-state index contributed by atoms with van der Waals surface area (Å²) < 4.78 is 3.72. The van der Waals surface area contributed by atoms with Crippen LogP contribution in [0.5, 0.6) is 0 Å². The van der Waals surface area contributed by atoms with Crippen molar-refractivity contribution >= 4 is 17.3 Å². The Morgan fingerprint density at radius 2 is 2.00 bits per heavy atom. The maximum atomic E-state index is 13.0. The Morgan fingerprint density at radius 1 is 1.23 bits per heavy atom. The topological polar surface area (TPSA) is 84.5 Å². The van der Waals surface area contributed by atoms with Crippen LogP contribution in [0.1, 0.15) is 53.7 Å². The van der Waals surface area contributed by atoms with E-state index in [2.05, 4.69) is 22.3 Å². The lowest BCUT2D eigenvalue weighted by Gasteiger charge is -2.40. The number of likely N-dealkylation sites (tertiary alicyclic amines) is 1. The van der Waals surface area contributed by atoms with Crippen LogP contribution in [0.25, 0.3) is 5.52 Å². The van der Waals surface area contributed by atoms with Crippen molar-refractivity contribution in [2.24, 2.45) is 13.0 Å². The molecule has 0 radical (unpaired) electrons. The van der Waals surface area contributed by atoms with Gasteiger partial charge in [-0.3, -0.25) is 9.59 Å². The zero-order valence-electron chi connectivity index (χ0n) is 18.2. The minimum Gasteiger partial charge on any atom is -0.347 e. The maximum absolute atomic E-state index is 13.0. The van der Waals surface area contributed by atoms with Crippen LogP contribution < -0.4 is 5.32 Å². The van der Waals surface area contributed by atoms with Crippen LogP contribution in [0.2, 0.25) is 0 Å². The van der Waals surface area contributed by atoms with Crippen molar-refractivity contribution in [2.45, 2.75) is 44.6 Å². The first-order valence-electron chi connectivity index (χ1n) is 10.9. The molecule has 1 saturated carbocycles. The van der Waals surface area contributed by atoms with Gasteiger partial charge in [-0.15, -0.1) is 0 Å². The number of carbonyl (C=O) groups is 2. The number of hydrogen-bond acceptors (Lipinski definition) is 4. The molecule has 3 aromatic heterocycles. The lowest BCUT2D eigenvalue weighted by Crippen LogP contribution is -2.54. The Labute approximate surface area is 181 Å². The van der Waals surface area contributed by atoms with Crippen molar-refractivity contribution in [3.8, 4) is 0 Å². The summed E-state index contributed by atoms with van der Waals surface area (Å²) in [5.41, 5.74) is 3.28. The quantitative estimate of drug-likeness (QED) is 0.702. The standard InChI is InChI=1S/C23H28N6O2/c1-15-4-7-29-19(10-15)18(12-25-29)21(30)26-23(2)5-8-28(9-6-23)22(31)17-11-16(17)20-13-24-14-27(20)3/h4,7,10,12-14,16-17H,5-6,8-9,11H2,1-3H3,(H,26,30)/t16-,17-/m1/s1. The molecular weight excluding hydrogens is 392 g/mol. The number of aromatic nitrogens is 4. The number of rotatable bonds is 4. The molecule has 0 aromatic carbocycles. The van der Waals surface area contributed by atoms with E-state index in [-0.39, 0.29) is 29.2 Å². The van der Waals surface area contributed by atoms with E-state index in [1.165, 1.54) is 0 Å². The molecule has 1 N–H and O–H groups in total. The van der Waals surface area contributed by atoms with Gasteiger partial charge in [-0.1, -0.05) is 0 Å². The number of carbonyl (C=O) groups excluding carboxylic acids is 2. The van der Waals surface area contributed by atoms with E-state index in [0.29, 0.717) is 18.7 Å². The van der Waals surface area contributed by atoms with Crippen molar-refractivity contribution in [3.63, 3.8) is 0 Å². The van der Waals surface area contributed by atoms with Crippen LogP contribution in [-0.4, -0.2) is 54.5 Å². The Kier molecular flexibility index (Phi) is 4.60. The number of pyridine rings is 1. The lowest BCUT2D eigenvalue weighted by atomic mass is 9.89. The third-order valence-corrected chi connectivity index (χ3v) is 6.86. The fraction of sp³-hybridized carbons (Fsp3) is 0.478. The molecule has 1 aliphatic carbocycles. The fourth-order valence-electron chi connectivity index (χ4n) is 4.70. The molecule has 31 heavy (non-hydrogen) atoms. The summed E-state index contributed by atoms with van der Waals surface area (Å²) in [6.07, 6.45) is 9.52. The summed E-state index contributed by atoms with van der Waals surface area (Å²) in [6, 6.07) is 3.94. The molecule has 0 unspecified atom stereocenters. The average Bonchev–Trinajstić information content (AvgIpc) is 3.22. The van der Waals surface area contributed by atoms with Crippen molar-refractivity contribution in [2.75, 3.05) is 13.1 Å². The molecule has 0 bridgehead atoms. The number of fused-ring (bicyclic) bond motifs is 1. The third kappa shape index (κ3) is 3.60. The smallest absolute Gasteiger partial charge is 0.255 e. The van der Waals surface area contributed by atoms with Crippen LogP contribution in [0.4, 0.5) is 0 Å². The highest BCUT2D eigenvalue weighted by molar-refractivity contribution is 6.01. The molecule has 162 valence electrons. The van der Waals surface area contributed by atoms with Gasteiger partial charge in [-0.25, -0.2) is 9.50 Å². The normalized spacial score (nSPS) is 22.5. The van der Waals surface area contributed by atoms with Crippen LogP contribution in [0.3, 0.4) is 0 Å². The Morgan fingerprint density at radius 3 is 2.71 bits per heavy atom. The first kappa shape index (κ1) is 19.8. The van der Waals surface area contributed by atoms with Gasteiger partial charge in [0, 0.05) is 55.6 Å². The van der Waals surface area contributed by atoms with Crippen molar-refractivity contribution in [1.29, 1.82) is 0 Å². The van der Waals surface area contributed by atoms with E-state index < -0.39 is 0 Å². The molecule has 2 atom stereocenters. The minimum atomic E-state index is -0.336. The van der Waals surface area contributed by atoms with E-state index >= 15 is 0 Å². The summed E-state index contributed by atoms with van der Waals surface area (Å²) >= 11 is 0. The van der Waals surface area contributed by atoms with Gasteiger partial charge in [0.25, 0.3) is 5.91 Å². The fourth-order valence-corrected chi connectivity index (χ4v) is 4.70. The van der Waals surface area contributed by atoms with Crippen LogP contribution >= 0.6 is 0 Å². The summed E-state index contributed by atoms with van der Waals surface area (Å²) in [5.74, 6) is 0.475. The second-order valence-corrected chi connectivity index (χ2v) is 9.31. The number of piperidine rings is 1. The molecular formula is C23H28N6O2. The van der Waals surface area contributed by atoms with Gasteiger partial charge in [0.15, 0.2) is 0 Å².